The number of ether oxygens (including phenoxy) is 1. The van der Waals surface area contributed by atoms with Crippen LogP contribution < -0.4 is 4.74 Å². The van der Waals surface area contributed by atoms with E-state index in [9.17, 15) is 13.6 Å². The van der Waals surface area contributed by atoms with E-state index in [0.717, 1.165) is 17.7 Å². The van der Waals surface area contributed by atoms with Gasteiger partial charge in [-0.25, -0.2) is 8.78 Å². The average Bonchev–Trinajstić information content (AvgIpc) is 3.08. The minimum absolute atomic E-state index is 0.0403. The molecule has 0 amide bonds. The third-order valence-corrected chi connectivity index (χ3v) is 4.75. The molecule has 8 heteroatoms. The van der Waals surface area contributed by atoms with Crippen molar-refractivity contribution in [1.29, 1.82) is 0 Å². The largest absolute Gasteiger partial charge is 0.483 e. The third kappa shape index (κ3) is 4.81. The molecule has 0 aliphatic heterocycles. The molecule has 3 rings (SSSR count). The Morgan fingerprint density at radius 3 is 2.48 bits per heavy atom. The molecule has 0 unspecified atom stereocenters. The SMILES string of the molecule is O=C(O)CCc1cc(F)c(OCc2csnc2-c2ccc(Cl)cc2)c(F)c1. The van der Waals surface area contributed by atoms with E-state index in [1.807, 2.05) is 0 Å². The molecule has 0 aliphatic carbocycles. The Bertz CT molecular complexity index is 937. The lowest BCUT2D eigenvalue weighted by Crippen LogP contribution is -2.03. The molecule has 27 heavy (non-hydrogen) atoms. The number of carboxylic acid groups (broad SMARTS) is 1. The molecule has 1 heterocycles. The first-order valence-corrected chi connectivity index (χ1v) is 9.17. The summed E-state index contributed by atoms with van der Waals surface area (Å²) in [7, 11) is 0. The molecule has 1 N–H and O–H groups in total. The van der Waals surface area contributed by atoms with Gasteiger partial charge in [0.1, 0.15) is 6.61 Å². The van der Waals surface area contributed by atoms with Crippen LogP contribution >= 0.6 is 23.1 Å². The first kappa shape index (κ1) is 19.3. The van der Waals surface area contributed by atoms with Gasteiger partial charge >= 0.3 is 5.97 Å². The van der Waals surface area contributed by atoms with E-state index in [0.29, 0.717) is 16.3 Å². The summed E-state index contributed by atoms with van der Waals surface area (Å²) in [5.41, 5.74) is 2.44. The maximum Gasteiger partial charge on any atom is 0.303 e. The second-order valence-corrected chi connectivity index (χ2v) is 6.83. The van der Waals surface area contributed by atoms with Crippen LogP contribution in [0.15, 0.2) is 41.8 Å². The van der Waals surface area contributed by atoms with E-state index >= 15 is 0 Å². The predicted molar refractivity (Wildman–Crippen MR) is 99.2 cm³/mol. The number of aromatic nitrogens is 1. The molecular formula is C19H14ClF2NO3S. The Balaban J connectivity index is 1.75. The van der Waals surface area contributed by atoms with Crippen molar-refractivity contribution in [3.63, 3.8) is 0 Å². The summed E-state index contributed by atoms with van der Waals surface area (Å²) in [6.45, 7) is -0.0588. The Hall–Kier alpha value is -2.51. The van der Waals surface area contributed by atoms with Crippen LogP contribution in [-0.4, -0.2) is 15.4 Å². The van der Waals surface area contributed by atoms with Gasteiger partial charge in [-0.15, -0.1) is 0 Å². The molecule has 0 saturated carbocycles. The van der Waals surface area contributed by atoms with Crippen LogP contribution in [0.5, 0.6) is 5.75 Å². The lowest BCUT2D eigenvalue weighted by molar-refractivity contribution is -0.136. The number of aliphatic carboxylic acids is 1. The van der Waals surface area contributed by atoms with Crippen LogP contribution in [0.25, 0.3) is 11.3 Å². The number of aryl methyl sites for hydroxylation is 1. The highest BCUT2D eigenvalue weighted by Gasteiger charge is 2.16. The van der Waals surface area contributed by atoms with Crippen molar-refractivity contribution in [3.05, 3.63) is 69.6 Å². The van der Waals surface area contributed by atoms with Crippen LogP contribution in [0, 0.1) is 11.6 Å². The minimum atomic E-state index is -1.03. The van der Waals surface area contributed by atoms with E-state index in [4.69, 9.17) is 21.4 Å². The number of nitrogens with zero attached hydrogens (tertiary/aromatic N) is 1. The van der Waals surface area contributed by atoms with Gasteiger partial charge in [0.05, 0.1) is 5.69 Å². The van der Waals surface area contributed by atoms with Crippen molar-refractivity contribution in [2.45, 2.75) is 19.4 Å². The number of halogens is 3. The molecule has 0 spiro atoms. The second kappa shape index (κ2) is 8.45. The van der Waals surface area contributed by atoms with E-state index in [1.165, 1.54) is 11.5 Å². The fraction of sp³-hybridized carbons (Fsp3) is 0.158. The number of rotatable bonds is 7. The van der Waals surface area contributed by atoms with Gasteiger partial charge in [-0.3, -0.25) is 4.79 Å². The fourth-order valence-electron chi connectivity index (χ4n) is 2.50. The molecule has 0 fully saturated rings. The Morgan fingerprint density at radius 2 is 1.85 bits per heavy atom. The standard InChI is InChI=1S/C19H14ClF2NO3S/c20-14-4-2-12(3-5-14)18-13(10-27-23-18)9-26-19-15(21)7-11(8-16(19)22)1-6-17(24)25/h2-5,7-8,10H,1,6,9H2,(H,24,25). The smallest absolute Gasteiger partial charge is 0.303 e. The Kier molecular flexibility index (Phi) is 6.03. The summed E-state index contributed by atoms with van der Waals surface area (Å²) >= 11 is 7.10. The van der Waals surface area contributed by atoms with Crippen molar-refractivity contribution in [2.24, 2.45) is 0 Å². The molecule has 0 saturated heterocycles. The number of carbonyl (C=O) groups is 1. The first-order valence-electron chi connectivity index (χ1n) is 7.95. The van der Waals surface area contributed by atoms with Gasteiger partial charge in [-0.05, 0) is 47.8 Å². The summed E-state index contributed by atoms with van der Waals surface area (Å²) in [4.78, 5) is 10.6. The second-order valence-electron chi connectivity index (χ2n) is 5.77. The molecule has 0 atom stereocenters. The first-order chi connectivity index (χ1) is 12.9. The normalized spacial score (nSPS) is 10.8. The third-order valence-electron chi connectivity index (χ3n) is 3.82. The van der Waals surface area contributed by atoms with Gasteiger partial charge < -0.3 is 9.84 Å². The summed E-state index contributed by atoms with van der Waals surface area (Å²) in [5, 5.41) is 11.0. The Labute approximate surface area is 163 Å². The highest BCUT2D eigenvalue weighted by atomic mass is 35.5. The molecule has 0 radical (unpaired) electrons. The predicted octanol–water partition coefficient (Wildman–Crippen LogP) is 5.34. The van der Waals surface area contributed by atoms with E-state index in [-0.39, 0.29) is 25.0 Å². The van der Waals surface area contributed by atoms with Crippen molar-refractivity contribution >= 4 is 29.1 Å². The van der Waals surface area contributed by atoms with Crippen LogP contribution in [0.3, 0.4) is 0 Å². The summed E-state index contributed by atoms with van der Waals surface area (Å²) in [5.74, 6) is -3.27. The molecular weight excluding hydrogens is 396 g/mol. The zero-order chi connectivity index (χ0) is 19.4. The van der Waals surface area contributed by atoms with Gasteiger partial charge in [-0.2, -0.15) is 4.37 Å². The van der Waals surface area contributed by atoms with E-state index < -0.39 is 23.4 Å². The molecule has 140 valence electrons. The van der Waals surface area contributed by atoms with Gasteiger partial charge in [-0.1, -0.05) is 23.7 Å². The van der Waals surface area contributed by atoms with Crippen LogP contribution in [-0.2, 0) is 17.8 Å². The van der Waals surface area contributed by atoms with Crippen LogP contribution in [0.2, 0.25) is 5.02 Å². The average molecular weight is 410 g/mol. The van der Waals surface area contributed by atoms with Crippen molar-refractivity contribution < 1.29 is 23.4 Å². The van der Waals surface area contributed by atoms with Gasteiger partial charge in [0, 0.05) is 28.0 Å². The maximum atomic E-state index is 14.2. The topological polar surface area (TPSA) is 59.4 Å². The van der Waals surface area contributed by atoms with Crippen LogP contribution in [0.4, 0.5) is 8.78 Å². The molecule has 0 bridgehead atoms. The minimum Gasteiger partial charge on any atom is -0.483 e. The number of carboxylic acids is 1. The highest BCUT2D eigenvalue weighted by molar-refractivity contribution is 7.04. The lowest BCUT2D eigenvalue weighted by Gasteiger charge is -2.10. The molecule has 0 aliphatic rings. The highest BCUT2D eigenvalue weighted by Crippen LogP contribution is 2.29. The van der Waals surface area contributed by atoms with Gasteiger partial charge in [0.2, 0.25) is 0 Å². The van der Waals surface area contributed by atoms with E-state index in [1.54, 1.807) is 29.6 Å². The van der Waals surface area contributed by atoms with E-state index in [2.05, 4.69) is 4.37 Å². The Morgan fingerprint density at radius 1 is 1.19 bits per heavy atom. The quantitative estimate of drug-likeness (QED) is 0.572. The van der Waals surface area contributed by atoms with Gasteiger partial charge in [0.25, 0.3) is 0 Å². The van der Waals surface area contributed by atoms with Crippen molar-refractivity contribution in [1.82, 2.24) is 4.37 Å². The molecule has 4 nitrogen and oxygen atoms in total. The van der Waals surface area contributed by atoms with Crippen LogP contribution in [0.1, 0.15) is 17.5 Å². The van der Waals surface area contributed by atoms with Crippen molar-refractivity contribution in [2.75, 3.05) is 0 Å². The number of hydrogen-bond donors (Lipinski definition) is 1. The fourth-order valence-corrected chi connectivity index (χ4v) is 3.31. The maximum absolute atomic E-state index is 14.2. The lowest BCUT2D eigenvalue weighted by atomic mass is 10.1. The monoisotopic (exact) mass is 409 g/mol. The van der Waals surface area contributed by atoms with Gasteiger partial charge in [0.15, 0.2) is 17.4 Å². The molecule has 3 aromatic rings. The summed E-state index contributed by atoms with van der Waals surface area (Å²) < 4.78 is 38.0. The summed E-state index contributed by atoms with van der Waals surface area (Å²) in [6.07, 6.45) is -0.164. The number of hydrogen-bond acceptors (Lipinski definition) is 4. The summed E-state index contributed by atoms with van der Waals surface area (Å²) in [6, 6.07) is 9.26. The number of benzene rings is 2. The zero-order valence-electron chi connectivity index (χ0n) is 13.9. The molecule has 1 aromatic heterocycles. The zero-order valence-corrected chi connectivity index (χ0v) is 15.5. The molecule has 2 aromatic carbocycles. The van der Waals surface area contributed by atoms with Crippen molar-refractivity contribution in [3.8, 4) is 17.0 Å².